The number of rotatable bonds is 3. The minimum absolute atomic E-state index is 0.129. The summed E-state index contributed by atoms with van der Waals surface area (Å²) < 4.78 is 0. The molecule has 18 heavy (non-hydrogen) atoms. The van der Waals surface area contributed by atoms with Gasteiger partial charge in [0.15, 0.2) is 0 Å². The lowest BCUT2D eigenvalue weighted by Crippen LogP contribution is -1.99. The van der Waals surface area contributed by atoms with Gasteiger partial charge in [-0.15, -0.1) is 0 Å². The van der Waals surface area contributed by atoms with Crippen LogP contribution in [-0.2, 0) is 0 Å². The molecule has 0 fully saturated rings. The zero-order valence-corrected chi connectivity index (χ0v) is 10.5. The van der Waals surface area contributed by atoms with Crippen molar-refractivity contribution in [2.75, 3.05) is 5.32 Å². The summed E-state index contributed by atoms with van der Waals surface area (Å²) in [5, 5.41) is 12.7. The van der Waals surface area contributed by atoms with Crippen LogP contribution in [0.4, 0.5) is 11.5 Å². The highest BCUT2D eigenvalue weighted by atomic mass is 35.5. The first kappa shape index (κ1) is 12.7. The maximum absolute atomic E-state index is 10.7. The van der Waals surface area contributed by atoms with Crippen molar-refractivity contribution >= 4 is 40.7 Å². The van der Waals surface area contributed by atoms with Crippen LogP contribution in [0.5, 0.6) is 0 Å². The van der Waals surface area contributed by atoms with Crippen LogP contribution in [-0.4, -0.2) is 16.1 Å². The van der Waals surface area contributed by atoms with E-state index in [0.29, 0.717) is 21.6 Å². The number of hydrogen-bond donors (Lipinski definition) is 2. The Hall–Kier alpha value is -1.78. The lowest BCUT2D eigenvalue weighted by Gasteiger charge is -2.06. The zero-order chi connectivity index (χ0) is 13.1. The van der Waals surface area contributed by atoms with E-state index in [0.717, 1.165) is 0 Å². The molecule has 2 rings (SSSR count). The number of aromatic nitrogens is 1. The van der Waals surface area contributed by atoms with Gasteiger partial charge >= 0.3 is 5.97 Å². The quantitative estimate of drug-likeness (QED) is 0.898. The van der Waals surface area contributed by atoms with Gasteiger partial charge in [-0.1, -0.05) is 23.2 Å². The highest BCUT2D eigenvalue weighted by Crippen LogP contribution is 2.24. The van der Waals surface area contributed by atoms with Gasteiger partial charge in [0.05, 0.1) is 5.56 Å². The average Bonchev–Trinajstić information content (AvgIpc) is 2.28. The Morgan fingerprint density at radius 1 is 1.17 bits per heavy atom. The Balaban J connectivity index is 2.20. The van der Waals surface area contributed by atoms with Crippen LogP contribution in [0.3, 0.4) is 0 Å². The molecule has 6 heteroatoms. The molecular formula is C12H8Cl2N2O2. The van der Waals surface area contributed by atoms with E-state index in [4.69, 9.17) is 28.3 Å². The molecule has 0 unspecified atom stereocenters. The monoisotopic (exact) mass is 282 g/mol. The maximum atomic E-state index is 10.7. The lowest BCUT2D eigenvalue weighted by atomic mass is 10.3. The number of pyridine rings is 1. The second-order valence-electron chi connectivity index (χ2n) is 3.52. The Bertz CT molecular complexity index is 565. The molecule has 0 spiro atoms. The molecule has 0 radical (unpaired) electrons. The van der Waals surface area contributed by atoms with E-state index in [-0.39, 0.29) is 5.56 Å². The number of carbonyl (C=O) groups is 1. The average molecular weight is 283 g/mol. The van der Waals surface area contributed by atoms with Crippen molar-refractivity contribution in [3.8, 4) is 0 Å². The Morgan fingerprint density at radius 2 is 1.83 bits per heavy atom. The van der Waals surface area contributed by atoms with Gasteiger partial charge < -0.3 is 10.4 Å². The first-order valence-corrected chi connectivity index (χ1v) is 5.72. The van der Waals surface area contributed by atoms with Gasteiger partial charge in [0.2, 0.25) is 0 Å². The molecule has 1 heterocycles. The van der Waals surface area contributed by atoms with Gasteiger partial charge in [0.25, 0.3) is 0 Å². The van der Waals surface area contributed by atoms with Gasteiger partial charge in [-0.2, -0.15) is 0 Å². The number of nitrogens with zero attached hydrogens (tertiary/aromatic N) is 1. The fourth-order valence-corrected chi connectivity index (χ4v) is 1.89. The fourth-order valence-electron chi connectivity index (χ4n) is 1.37. The van der Waals surface area contributed by atoms with Crippen LogP contribution < -0.4 is 5.32 Å². The largest absolute Gasteiger partial charge is 0.478 e. The van der Waals surface area contributed by atoms with E-state index in [9.17, 15) is 4.79 Å². The number of halogens is 2. The SMILES string of the molecule is O=C(O)c1ccc(Nc2cc(Cl)cc(Cl)c2)nc1. The number of nitrogens with one attached hydrogen (secondary N) is 1. The van der Waals surface area contributed by atoms with Crippen LogP contribution in [0, 0.1) is 0 Å². The van der Waals surface area contributed by atoms with E-state index in [1.165, 1.54) is 12.3 Å². The normalized spacial score (nSPS) is 10.1. The Kier molecular flexibility index (Phi) is 3.69. The molecule has 2 N–H and O–H groups in total. The minimum Gasteiger partial charge on any atom is -0.478 e. The third-order valence-corrected chi connectivity index (χ3v) is 2.58. The summed E-state index contributed by atoms with van der Waals surface area (Å²) >= 11 is 11.7. The number of aromatic carboxylic acids is 1. The summed E-state index contributed by atoms with van der Waals surface area (Å²) in [6.07, 6.45) is 1.27. The summed E-state index contributed by atoms with van der Waals surface area (Å²) in [6.45, 7) is 0. The highest BCUT2D eigenvalue weighted by molar-refractivity contribution is 6.35. The van der Waals surface area contributed by atoms with Crippen molar-refractivity contribution in [1.29, 1.82) is 0 Å². The number of carboxylic acids is 1. The van der Waals surface area contributed by atoms with Crippen molar-refractivity contribution in [1.82, 2.24) is 4.98 Å². The molecule has 92 valence electrons. The van der Waals surface area contributed by atoms with Crippen LogP contribution in [0.25, 0.3) is 0 Å². The third kappa shape index (κ3) is 3.12. The van der Waals surface area contributed by atoms with E-state index in [1.807, 2.05) is 0 Å². The molecule has 0 saturated heterocycles. The first-order chi connectivity index (χ1) is 8.54. The van der Waals surface area contributed by atoms with E-state index < -0.39 is 5.97 Å². The predicted molar refractivity (Wildman–Crippen MR) is 70.9 cm³/mol. The zero-order valence-electron chi connectivity index (χ0n) is 9.02. The summed E-state index contributed by atoms with van der Waals surface area (Å²) in [5.41, 5.74) is 0.813. The van der Waals surface area contributed by atoms with Crippen LogP contribution in [0.1, 0.15) is 10.4 Å². The predicted octanol–water partition coefficient (Wildman–Crippen LogP) is 3.83. The summed E-state index contributed by atoms with van der Waals surface area (Å²) in [6, 6.07) is 8.04. The molecule has 0 amide bonds. The molecule has 0 aliphatic rings. The Morgan fingerprint density at radius 3 is 2.33 bits per heavy atom. The smallest absolute Gasteiger partial charge is 0.337 e. The van der Waals surface area contributed by atoms with Crippen molar-refractivity contribution < 1.29 is 9.90 Å². The number of carboxylic acid groups (broad SMARTS) is 1. The van der Waals surface area contributed by atoms with E-state index in [1.54, 1.807) is 24.3 Å². The van der Waals surface area contributed by atoms with E-state index in [2.05, 4.69) is 10.3 Å². The van der Waals surface area contributed by atoms with Crippen LogP contribution in [0.15, 0.2) is 36.5 Å². The van der Waals surface area contributed by atoms with Crippen LogP contribution in [0.2, 0.25) is 10.0 Å². The molecule has 2 aromatic rings. The van der Waals surface area contributed by atoms with Gasteiger partial charge in [0.1, 0.15) is 5.82 Å². The van der Waals surface area contributed by atoms with Crippen molar-refractivity contribution in [2.24, 2.45) is 0 Å². The second-order valence-corrected chi connectivity index (χ2v) is 4.39. The summed E-state index contributed by atoms with van der Waals surface area (Å²) in [5.74, 6) is -0.502. The highest BCUT2D eigenvalue weighted by Gasteiger charge is 2.04. The number of benzene rings is 1. The number of hydrogen-bond acceptors (Lipinski definition) is 3. The maximum Gasteiger partial charge on any atom is 0.337 e. The topological polar surface area (TPSA) is 62.2 Å². The molecule has 4 nitrogen and oxygen atoms in total. The molecule has 0 bridgehead atoms. The van der Waals surface area contributed by atoms with Gasteiger partial charge in [0, 0.05) is 21.9 Å². The fraction of sp³-hybridized carbons (Fsp3) is 0. The van der Waals surface area contributed by atoms with Crippen molar-refractivity contribution in [3.05, 3.63) is 52.1 Å². The first-order valence-electron chi connectivity index (χ1n) is 4.97. The van der Waals surface area contributed by atoms with Crippen molar-refractivity contribution in [3.63, 3.8) is 0 Å². The molecule has 0 aliphatic heterocycles. The standard InChI is InChI=1S/C12H8Cl2N2O2/c13-8-3-9(14)5-10(4-8)16-11-2-1-7(6-15-11)12(17)18/h1-6H,(H,15,16)(H,17,18). The van der Waals surface area contributed by atoms with Gasteiger partial charge in [-0.25, -0.2) is 9.78 Å². The second kappa shape index (κ2) is 5.25. The number of anilines is 2. The van der Waals surface area contributed by atoms with Gasteiger partial charge in [-0.3, -0.25) is 0 Å². The van der Waals surface area contributed by atoms with Crippen LogP contribution >= 0.6 is 23.2 Å². The minimum atomic E-state index is -1.01. The molecule has 0 aliphatic carbocycles. The molecule has 1 aromatic heterocycles. The molecule has 0 atom stereocenters. The molecular weight excluding hydrogens is 275 g/mol. The lowest BCUT2D eigenvalue weighted by molar-refractivity contribution is 0.0696. The molecule has 1 aromatic carbocycles. The molecule has 0 saturated carbocycles. The summed E-state index contributed by atoms with van der Waals surface area (Å²) in [7, 11) is 0. The Labute approximate surface area is 113 Å². The third-order valence-electron chi connectivity index (χ3n) is 2.15. The van der Waals surface area contributed by atoms with Gasteiger partial charge in [-0.05, 0) is 30.3 Å². The van der Waals surface area contributed by atoms with E-state index >= 15 is 0 Å². The summed E-state index contributed by atoms with van der Waals surface area (Å²) in [4.78, 5) is 14.6. The van der Waals surface area contributed by atoms with Crippen molar-refractivity contribution in [2.45, 2.75) is 0 Å².